The van der Waals surface area contributed by atoms with Crippen molar-refractivity contribution in [3.63, 3.8) is 0 Å². The molecule has 0 radical (unpaired) electrons. The molecule has 0 bridgehead atoms. The first-order valence-corrected chi connectivity index (χ1v) is 5.24. The SMILES string of the molecule is COC(C)(C)CC(=O)Nc1ccc(N)c(F)c1. The van der Waals surface area contributed by atoms with Gasteiger partial charge < -0.3 is 15.8 Å². The van der Waals surface area contributed by atoms with Crippen molar-refractivity contribution >= 4 is 17.3 Å². The third-order valence-electron chi connectivity index (χ3n) is 2.42. The monoisotopic (exact) mass is 240 g/mol. The number of carbonyl (C=O) groups excluding carboxylic acids is 1. The predicted octanol–water partition coefficient (Wildman–Crippen LogP) is 2.16. The third kappa shape index (κ3) is 4.03. The molecule has 1 amide bonds. The summed E-state index contributed by atoms with van der Waals surface area (Å²) in [4.78, 5) is 11.6. The third-order valence-corrected chi connectivity index (χ3v) is 2.42. The molecule has 0 atom stereocenters. The highest BCUT2D eigenvalue weighted by atomic mass is 19.1. The number of carbonyl (C=O) groups is 1. The van der Waals surface area contributed by atoms with Crippen LogP contribution in [0.4, 0.5) is 15.8 Å². The number of rotatable bonds is 4. The summed E-state index contributed by atoms with van der Waals surface area (Å²) in [5.74, 6) is -0.783. The molecule has 0 heterocycles. The molecule has 0 spiro atoms. The minimum absolute atomic E-state index is 0.0558. The van der Waals surface area contributed by atoms with Gasteiger partial charge in [0, 0.05) is 12.8 Å². The van der Waals surface area contributed by atoms with Crippen molar-refractivity contribution < 1.29 is 13.9 Å². The first-order valence-electron chi connectivity index (χ1n) is 5.24. The van der Waals surface area contributed by atoms with Crippen LogP contribution in [0, 0.1) is 5.82 Å². The number of methoxy groups -OCH3 is 1. The molecule has 0 saturated heterocycles. The number of hydrogen-bond acceptors (Lipinski definition) is 3. The van der Waals surface area contributed by atoms with Crippen molar-refractivity contribution in [1.82, 2.24) is 0 Å². The molecule has 0 aromatic heterocycles. The molecule has 1 rings (SSSR count). The summed E-state index contributed by atoms with van der Waals surface area (Å²) in [6.07, 6.45) is 0.190. The van der Waals surface area contributed by atoms with Gasteiger partial charge in [-0.2, -0.15) is 0 Å². The number of amides is 1. The standard InChI is InChI=1S/C12H17FN2O2/c1-12(2,17-3)7-11(16)15-8-4-5-10(14)9(13)6-8/h4-6H,7,14H2,1-3H3,(H,15,16). The van der Waals surface area contributed by atoms with Gasteiger partial charge in [-0.15, -0.1) is 0 Å². The fourth-order valence-electron chi connectivity index (χ4n) is 1.27. The number of nitrogen functional groups attached to an aromatic ring is 1. The number of benzene rings is 1. The Morgan fingerprint density at radius 1 is 1.53 bits per heavy atom. The number of halogens is 1. The molecular formula is C12H17FN2O2. The number of nitrogens with one attached hydrogen (secondary N) is 1. The van der Waals surface area contributed by atoms with E-state index in [0.29, 0.717) is 5.69 Å². The normalized spacial score (nSPS) is 11.3. The van der Waals surface area contributed by atoms with E-state index in [1.54, 1.807) is 19.9 Å². The largest absolute Gasteiger partial charge is 0.396 e. The second-order valence-electron chi connectivity index (χ2n) is 4.43. The first-order chi connectivity index (χ1) is 7.84. The summed E-state index contributed by atoms with van der Waals surface area (Å²) in [7, 11) is 1.54. The van der Waals surface area contributed by atoms with E-state index in [1.165, 1.54) is 19.2 Å². The maximum Gasteiger partial charge on any atom is 0.227 e. The van der Waals surface area contributed by atoms with Crippen molar-refractivity contribution in [3.8, 4) is 0 Å². The molecule has 3 N–H and O–H groups in total. The lowest BCUT2D eigenvalue weighted by Gasteiger charge is -2.21. The predicted molar refractivity (Wildman–Crippen MR) is 65.1 cm³/mol. The maximum atomic E-state index is 13.1. The van der Waals surface area contributed by atoms with Gasteiger partial charge in [0.25, 0.3) is 0 Å². The molecule has 0 aliphatic heterocycles. The summed E-state index contributed by atoms with van der Waals surface area (Å²) in [5.41, 5.74) is 5.23. The van der Waals surface area contributed by atoms with Crippen LogP contribution >= 0.6 is 0 Å². The van der Waals surface area contributed by atoms with Gasteiger partial charge in [0.1, 0.15) is 5.82 Å². The van der Waals surface area contributed by atoms with Gasteiger partial charge in [0.15, 0.2) is 0 Å². The molecule has 1 aromatic rings. The lowest BCUT2D eigenvalue weighted by atomic mass is 10.0. The van der Waals surface area contributed by atoms with Crippen molar-refractivity contribution in [2.45, 2.75) is 25.9 Å². The van der Waals surface area contributed by atoms with Crippen LogP contribution in [0.3, 0.4) is 0 Å². The molecule has 94 valence electrons. The topological polar surface area (TPSA) is 64.3 Å². The highest BCUT2D eigenvalue weighted by Gasteiger charge is 2.21. The molecule has 0 aliphatic carbocycles. The quantitative estimate of drug-likeness (QED) is 0.793. The fourth-order valence-corrected chi connectivity index (χ4v) is 1.27. The highest BCUT2D eigenvalue weighted by Crippen LogP contribution is 2.18. The van der Waals surface area contributed by atoms with Crippen LogP contribution in [-0.2, 0) is 9.53 Å². The second-order valence-corrected chi connectivity index (χ2v) is 4.43. The molecule has 0 aliphatic rings. The van der Waals surface area contributed by atoms with Crippen molar-refractivity contribution in [3.05, 3.63) is 24.0 Å². The van der Waals surface area contributed by atoms with Crippen LogP contribution < -0.4 is 11.1 Å². The van der Waals surface area contributed by atoms with E-state index in [1.807, 2.05) is 0 Å². The molecule has 1 aromatic carbocycles. The van der Waals surface area contributed by atoms with Crippen LogP contribution in [0.25, 0.3) is 0 Å². The van der Waals surface area contributed by atoms with Gasteiger partial charge in [-0.25, -0.2) is 4.39 Å². The van der Waals surface area contributed by atoms with Gasteiger partial charge in [-0.3, -0.25) is 4.79 Å². The van der Waals surface area contributed by atoms with Crippen LogP contribution in [-0.4, -0.2) is 18.6 Å². The van der Waals surface area contributed by atoms with Gasteiger partial charge in [-0.1, -0.05) is 0 Å². The Labute approximate surface area is 100.0 Å². The number of ether oxygens (including phenoxy) is 1. The minimum atomic E-state index is -0.547. The highest BCUT2D eigenvalue weighted by molar-refractivity contribution is 5.91. The summed E-state index contributed by atoms with van der Waals surface area (Å²) in [6.45, 7) is 3.60. The van der Waals surface area contributed by atoms with Crippen molar-refractivity contribution in [2.24, 2.45) is 0 Å². The van der Waals surface area contributed by atoms with Gasteiger partial charge in [0.05, 0.1) is 17.7 Å². The number of hydrogen-bond donors (Lipinski definition) is 2. The Kier molecular flexibility index (Phi) is 4.07. The fraction of sp³-hybridized carbons (Fsp3) is 0.417. The summed E-state index contributed by atoms with van der Waals surface area (Å²) in [5, 5.41) is 2.59. The van der Waals surface area contributed by atoms with Crippen molar-refractivity contribution in [2.75, 3.05) is 18.2 Å². The van der Waals surface area contributed by atoms with Gasteiger partial charge >= 0.3 is 0 Å². The summed E-state index contributed by atoms with van der Waals surface area (Å²) >= 11 is 0. The zero-order chi connectivity index (χ0) is 13.1. The Morgan fingerprint density at radius 3 is 2.71 bits per heavy atom. The smallest absolute Gasteiger partial charge is 0.227 e. The van der Waals surface area contributed by atoms with Crippen LogP contribution in [0.1, 0.15) is 20.3 Å². The van der Waals surface area contributed by atoms with E-state index in [2.05, 4.69) is 5.32 Å². The van der Waals surface area contributed by atoms with E-state index in [4.69, 9.17) is 10.5 Å². The van der Waals surface area contributed by atoms with Gasteiger partial charge in [0.2, 0.25) is 5.91 Å². The molecule has 0 saturated carbocycles. The maximum absolute atomic E-state index is 13.1. The Hall–Kier alpha value is -1.62. The zero-order valence-corrected chi connectivity index (χ0v) is 10.2. The van der Waals surface area contributed by atoms with E-state index in [0.717, 1.165) is 0 Å². The average molecular weight is 240 g/mol. The minimum Gasteiger partial charge on any atom is -0.396 e. The summed E-state index contributed by atoms with van der Waals surface area (Å²) < 4.78 is 18.3. The second kappa shape index (κ2) is 5.14. The Balaban J connectivity index is 2.65. The van der Waals surface area contributed by atoms with Crippen LogP contribution in [0.2, 0.25) is 0 Å². The van der Waals surface area contributed by atoms with Crippen LogP contribution in [0.15, 0.2) is 18.2 Å². The van der Waals surface area contributed by atoms with E-state index in [-0.39, 0.29) is 18.0 Å². The zero-order valence-electron chi connectivity index (χ0n) is 10.2. The lowest BCUT2D eigenvalue weighted by molar-refractivity contribution is -0.121. The van der Waals surface area contributed by atoms with E-state index in [9.17, 15) is 9.18 Å². The van der Waals surface area contributed by atoms with Crippen molar-refractivity contribution in [1.29, 1.82) is 0 Å². The lowest BCUT2D eigenvalue weighted by Crippen LogP contribution is -2.29. The van der Waals surface area contributed by atoms with E-state index < -0.39 is 11.4 Å². The molecule has 0 unspecified atom stereocenters. The number of nitrogens with two attached hydrogens (primary N) is 1. The molecule has 5 heteroatoms. The van der Waals surface area contributed by atoms with Gasteiger partial charge in [-0.05, 0) is 32.0 Å². The average Bonchev–Trinajstić information content (AvgIpc) is 2.23. The molecule has 17 heavy (non-hydrogen) atoms. The molecule has 4 nitrogen and oxygen atoms in total. The number of anilines is 2. The Morgan fingerprint density at radius 2 is 2.18 bits per heavy atom. The molecule has 0 fully saturated rings. The van der Waals surface area contributed by atoms with Crippen LogP contribution in [0.5, 0.6) is 0 Å². The Bertz CT molecular complexity index is 419. The first kappa shape index (κ1) is 13.4. The molecular weight excluding hydrogens is 223 g/mol. The van der Waals surface area contributed by atoms with E-state index >= 15 is 0 Å². The summed E-state index contributed by atoms with van der Waals surface area (Å²) in [6, 6.07) is 4.15.